The summed E-state index contributed by atoms with van der Waals surface area (Å²) < 4.78 is 5.32. The normalized spacial score (nSPS) is 21.3. The molecule has 0 saturated carbocycles. The van der Waals surface area contributed by atoms with E-state index in [9.17, 15) is 4.79 Å². The van der Waals surface area contributed by atoms with Gasteiger partial charge in [-0.25, -0.2) is 9.97 Å². The van der Waals surface area contributed by atoms with Gasteiger partial charge in [0.05, 0.1) is 6.26 Å². The number of carbonyl (C=O) groups is 1. The van der Waals surface area contributed by atoms with Gasteiger partial charge in [-0.2, -0.15) is 0 Å². The molecule has 2 aromatic rings. The SMILES string of the molecule is O=C(CCc1ccco1)N1CCC(C2CCN(c3ncccn3)CC2)C1. The van der Waals surface area contributed by atoms with Crippen LogP contribution in [0.5, 0.6) is 0 Å². The Kier molecular flexibility index (Phi) is 5.18. The van der Waals surface area contributed by atoms with Gasteiger partial charge in [0.1, 0.15) is 5.76 Å². The number of aromatic nitrogens is 2. The number of furan rings is 1. The Balaban J connectivity index is 1.23. The molecule has 2 aliphatic heterocycles. The van der Waals surface area contributed by atoms with Crippen LogP contribution in [0.2, 0.25) is 0 Å². The van der Waals surface area contributed by atoms with E-state index >= 15 is 0 Å². The summed E-state index contributed by atoms with van der Waals surface area (Å²) in [6.45, 7) is 3.85. The molecular formula is C20H26N4O2. The second-order valence-corrected chi connectivity index (χ2v) is 7.34. The van der Waals surface area contributed by atoms with Gasteiger partial charge in [-0.1, -0.05) is 0 Å². The van der Waals surface area contributed by atoms with Crippen LogP contribution in [-0.4, -0.2) is 47.0 Å². The van der Waals surface area contributed by atoms with Crippen LogP contribution in [-0.2, 0) is 11.2 Å². The zero-order valence-electron chi connectivity index (χ0n) is 15.1. The number of likely N-dealkylation sites (tertiary alicyclic amines) is 1. The maximum atomic E-state index is 12.5. The quantitative estimate of drug-likeness (QED) is 0.826. The number of rotatable bonds is 5. The van der Waals surface area contributed by atoms with Gasteiger partial charge in [0.25, 0.3) is 0 Å². The van der Waals surface area contributed by atoms with Crippen LogP contribution < -0.4 is 4.90 Å². The van der Waals surface area contributed by atoms with Crippen LogP contribution in [0, 0.1) is 11.8 Å². The van der Waals surface area contributed by atoms with E-state index in [1.165, 1.54) is 0 Å². The first-order valence-electron chi connectivity index (χ1n) is 9.62. The number of carbonyl (C=O) groups excluding carboxylic acids is 1. The molecule has 1 atom stereocenters. The van der Waals surface area contributed by atoms with Gasteiger partial charge in [0, 0.05) is 51.4 Å². The number of nitrogens with zero attached hydrogens (tertiary/aromatic N) is 4. The van der Waals surface area contributed by atoms with Gasteiger partial charge >= 0.3 is 0 Å². The molecule has 4 rings (SSSR count). The van der Waals surface area contributed by atoms with Crippen LogP contribution in [0.1, 0.15) is 31.4 Å². The highest BCUT2D eigenvalue weighted by molar-refractivity contribution is 5.76. The second kappa shape index (κ2) is 7.89. The highest BCUT2D eigenvalue weighted by Crippen LogP contribution is 2.32. The van der Waals surface area contributed by atoms with Crippen molar-refractivity contribution in [2.24, 2.45) is 11.8 Å². The Labute approximate surface area is 154 Å². The van der Waals surface area contributed by atoms with Crippen LogP contribution in [0.15, 0.2) is 41.3 Å². The number of amides is 1. The van der Waals surface area contributed by atoms with E-state index in [4.69, 9.17) is 4.42 Å². The van der Waals surface area contributed by atoms with E-state index in [-0.39, 0.29) is 5.91 Å². The number of hydrogen-bond donors (Lipinski definition) is 0. The summed E-state index contributed by atoms with van der Waals surface area (Å²) >= 11 is 0. The largest absolute Gasteiger partial charge is 0.469 e. The van der Waals surface area contributed by atoms with Crippen molar-refractivity contribution >= 4 is 11.9 Å². The van der Waals surface area contributed by atoms with Crippen molar-refractivity contribution in [2.75, 3.05) is 31.1 Å². The Morgan fingerprint density at radius 2 is 1.85 bits per heavy atom. The lowest BCUT2D eigenvalue weighted by Gasteiger charge is -2.34. The standard InChI is InChI=1S/C20H26N4O2/c25-19(5-4-18-3-1-14-26-18)24-13-8-17(15-24)16-6-11-23(12-7-16)20-21-9-2-10-22-20/h1-3,9-10,14,16-17H,4-8,11-13,15H2. The number of piperidine rings is 1. The van der Waals surface area contributed by atoms with Crippen molar-refractivity contribution in [3.05, 3.63) is 42.6 Å². The molecule has 1 unspecified atom stereocenters. The predicted molar refractivity (Wildman–Crippen MR) is 98.7 cm³/mol. The van der Waals surface area contributed by atoms with Crippen LogP contribution >= 0.6 is 0 Å². The number of anilines is 1. The number of aryl methyl sites for hydroxylation is 1. The zero-order valence-corrected chi connectivity index (χ0v) is 15.1. The number of hydrogen-bond acceptors (Lipinski definition) is 5. The molecule has 2 aromatic heterocycles. The molecule has 1 amide bonds. The maximum absolute atomic E-state index is 12.5. The van der Waals surface area contributed by atoms with Crippen molar-refractivity contribution < 1.29 is 9.21 Å². The van der Waals surface area contributed by atoms with E-state index in [0.29, 0.717) is 24.7 Å². The monoisotopic (exact) mass is 354 g/mol. The Bertz CT molecular complexity index is 696. The van der Waals surface area contributed by atoms with E-state index in [2.05, 4.69) is 19.8 Å². The predicted octanol–water partition coefficient (Wildman–Crippen LogP) is 2.77. The Hall–Kier alpha value is -2.37. The smallest absolute Gasteiger partial charge is 0.225 e. The van der Waals surface area contributed by atoms with Crippen molar-refractivity contribution in [2.45, 2.75) is 32.1 Å². The molecule has 0 aliphatic carbocycles. The molecule has 138 valence electrons. The molecule has 2 aliphatic rings. The molecule has 4 heterocycles. The van der Waals surface area contributed by atoms with E-state index in [1.807, 2.05) is 18.2 Å². The van der Waals surface area contributed by atoms with Crippen molar-refractivity contribution in [1.82, 2.24) is 14.9 Å². The first-order chi connectivity index (χ1) is 12.8. The van der Waals surface area contributed by atoms with Crippen LogP contribution in [0.3, 0.4) is 0 Å². The molecule has 0 spiro atoms. The van der Waals surface area contributed by atoms with Crippen molar-refractivity contribution in [1.29, 1.82) is 0 Å². The maximum Gasteiger partial charge on any atom is 0.225 e. The lowest BCUT2D eigenvalue weighted by Crippen LogP contribution is -2.38. The first-order valence-corrected chi connectivity index (χ1v) is 9.62. The lowest BCUT2D eigenvalue weighted by atomic mass is 9.84. The minimum atomic E-state index is 0.263. The summed E-state index contributed by atoms with van der Waals surface area (Å²) in [5.41, 5.74) is 0. The summed E-state index contributed by atoms with van der Waals surface area (Å²) in [6.07, 6.45) is 9.98. The summed E-state index contributed by atoms with van der Waals surface area (Å²) in [4.78, 5) is 25.5. The zero-order chi connectivity index (χ0) is 17.8. The summed E-state index contributed by atoms with van der Waals surface area (Å²) in [7, 11) is 0. The van der Waals surface area contributed by atoms with Gasteiger partial charge in [-0.15, -0.1) is 0 Å². The molecule has 2 saturated heterocycles. The van der Waals surface area contributed by atoms with Crippen LogP contribution in [0.25, 0.3) is 0 Å². The second-order valence-electron chi connectivity index (χ2n) is 7.34. The van der Waals surface area contributed by atoms with Gasteiger partial charge in [0.2, 0.25) is 11.9 Å². The summed E-state index contributed by atoms with van der Waals surface area (Å²) in [6, 6.07) is 5.66. The molecular weight excluding hydrogens is 328 g/mol. The molecule has 2 fully saturated rings. The molecule has 6 heteroatoms. The van der Waals surface area contributed by atoms with Gasteiger partial charge in [0.15, 0.2) is 0 Å². The molecule has 0 N–H and O–H groups in total. The average molecular weight is 354 g/mol. The minimum absolute atomic E-state index is 0.263. The third-order valence-electron chi connectivity index (χ3n) is 5.78. The van der Waals surface area contributed by atoms with Crippen molar-refractivity contribution in [3.8, 4) is 0 Å². The van der Waals surface area contributed by atoms with E-state index < -0.39 is 0 Å². The molecule has 0 aromatic carbocycles. The third-order valence-corrected chi connectivity index (χ3v) is 5.78. The Morgan fingerprint density at radius 1 is 1.08 bits per heavy atom. The van der Waals surface area contributed by atoms with E-state index in [1.54, 1.807) is 18.7 Å². The van der Waals surface area contributed by atoms with Gasteiger partial charge in [-0.05, 0) is 49.3 Å². The molecule has 0 bridgehead atoms. The van der Waals surface area contributed by atoms with Gasteiger partial charge < -0.3 is 14.2 Å². The fourth-order valence-corrected chi connectivity index (χ4v) is 4.27. The summed E-state index contributed by atoms with van der Waals surface area (Å²) in [5.74, 6) is 3.34. The fraction of sp³-hybridized carbons (Fsp3) is 0.550. The topological polar surface area (TPSA) is 62.5 Å². The molecule has 26 heavy (non-hydrogen) atoms. The van der Waals surface area contributed by atoms with Crippen LogP contribution in [0.4, 0.5) is 5.95 Å². The fourth-order valence-electron chi connectivity index (χ4n) is 4.27. The summed E-state index contributed by atoms with van der Waals surface area (Å²) in [5, 5.41) is 0. The van der Waals surface area contributed by atoms with E-state index in [0.717, 1.165) is 57.2 Å². The highest BCUT2D eigenvalue weighted by Gasteiger charge is 2.33. The average Bonchev–Trinajstić information content (AvgIpc) is 3.39. The third kappa shape index (κ3) is 3.89. The van der Waals surface area contributed by atoms with Gasteiger partial charge in [-0.3, -0.25) is 4.79 Å². The minimum Gasteiger partial charge on any atom is -0.469 e. The molecule has 0 radical (unpaired) electrons. The highest BCUT2D eigenvalue weighted by atomic mass is 16.3. The Morgan fingerprint density at radius 3 is 2.58 bits per heavy atom. The van der Waals surface area contributed by atoms with Crippen molar-refractivity contribution in [3.63, 3.8) is 0 Å². The molecule has 6 nitrogen and oxygen atoms in total. The first kappa shape index (κ1) is 17.1. The lowest BCUT2D eigenvalue weighted by molar-refractivity contribution is -0.130.